The maximum atomic E-state index is 14.9. The molecule has 31 heavy (non-hydrogen) atoms. The molecule has 0 fully saturated rings. The van der Waals surface area contributed by atoms with Crippen LogP contribution < -0.4 is 4.74 Å². The summed E-state index contributed by atoms with van der Waals surface area (Å²) in [5.41, 5.74) is 1.60. The van der Waals surface area contributed by atoms with E-state index in [1.54, 1.807) is 24.5 Å². The molecule has 0 aliphatic heterocycles. The second-order valence-corrected chi connectivity index (χ2v) is 9.72. The minimum atomic E-state index is -3.10. The number of aryl methyl sites for hydroxylation is 1. The van der Waals surface area contributed by atoms with Crippen molar-refractivity contribution in [2.45, 2.75) is 33.7 Å². The number of thiophene rings is 1. The van der Waals surface area contributed by atoms with E-state index in [9.17, 15) is 17.6 Å². The number of carbonyl (C=O) groups is 1. The predicted octanol–water partition coefficient (Wildman–Crippen LogP) is 4.26. The zero-order valence-corrected chi connectivity index (χ0v) is 19.4. The van der Waals surface area contributed by atoms with E-state index < -0.39 is 17.0 Å². The highest BCUT2D eigenvalue weighted by molar-refractivity contribution is 7.70. The third-order valence-electron chi connectivity index (χ3n) is 4.68. The van der Waals surface area contributed by atoms with Crippen LogP contribution in [-0.2, 0) is 23.9 Å². The quantitative estimate of drug-likeness (QED) is 0.527. The Morgan fingerprint density at radius 1 is 1.32 bits per heavy atom. The van der Waals surface area contributed by atoms with Crippen LogP contribution in [-0.4, -0.2) is 35.4 Å². The Morgan fingerprint density at radius 3 is 2.65 bits per heavy atom. The van der Waals surface area contributed by atoms with Gasteiger partial charge in [0.15, 0.2) is 5.06 Å². The van der Waals surface area contributed by atoms with Gasteiger partial charge in [0.25, 0.3) is 0 Å². The molecule has 0 saturated heterocycles. The van der Waals surface area contributed by atoms with Crippen LogP contribution in [0, 0.1) is 18.7 Å². The fourth-order valence-corrected chi connectivity index (χ4v) is 4.42. The third kappa shape index (κ3) is 5.50. The van der Waals surface area contributed by atoms with E-state index in [-0.39, 0.29) is 10.9 Å². The number of hydrogen-bond donors (Lipinski definition) is 1. The van der Waals surface area contributed by atoms with Crippen LogP contribution in [0.2, 0.25) is 0 Å². The molecule has 166 valence electrons. The first-order chi connectivity index (χ1) is 14.7. The molecule has 0 unspecified atom stereocenters. The van der Waals surface area contributed by atoms with Gasteiger partial charge in [-0.05, 0) is 37.0 Å². The molecule has 2 heterocycles. The van der Waals surface area contributed by atoms with Crippen molar-refractivity contribution in [3.63, 3.8) is 0 Å². The van der Waals surface area contributed by atoms with Crippen molar-refractivity contribution in [3.8, 4) is 16.2 Å². The Labute approximate surface area is 186 Å². The Bertz CT molecular complexity index is 1160. The molecule has 0 bridgehead atoms. The molecule has 0 aliphatic rings. The molecule has 3 rings (SSSR count). The first-order valence-electron chi connectivity index (χ1n) is 9.64. The minimum Gasteiger partial charge on any atom is -0.398 e. The highest BCUT2D eigenvalue weighted by Gasteiger charge is 2.20. The molecule has 0 saturated carbocycles. The lowest BCUT2D eigenvalue weighted by Crippen LogP contribution is -2.28. The Kier molecular flexibility index (Phi) is 7.11. The molecular formula is C21H24FN3O4S2. The number of hydrogen-bond acceptors (Lipinski definition) is 6. The lowest BCUT2D eigenvalue weighted by molar-refractivity contribution is 0.187. The molecule has 7 nitrogen and oxygen atoms in total. The summed E-state index contributed by atoms with van der Waals surface area (Å²) in [5.74, 6) is 0.764. The lowest BCUT2D eigenvalue weighted by atomic mass is 10.0. The fraction of sp³-hybridized carbons (Fsp3) is 0.333. The number of imidazole rings is 1. The summed E-state index contributed by atoms with van der Waals surface area (Å²) in [6.45, 7) is 6.32. The van der Waals surface area contributed by atoms with E-state index in [0.29, 0.717) is 33.5 Å². The van der Waals surface area contributed by atoms with Gasteiger partial charge in [0, 0.05) is 35.4 Å². The van der Waals surface area contributed by atoms with E-state index in [0.717, 1.165) is 24.2 Å². The van der Waals surface area contributed by atoms with Gasteiger partial charge in [0.2, 0.25) is 10.9 Å². The van der Waals surface area contributed by atoms with Crippen LogP contribution in [0.25, 0.3) is 11.1 Å². The summed E-state index contributed by atoms with van der Waals surface area (Å²) in [7, 11) is -1.99. The van der Waals surface area contributed by atoms with Crippen molar-refractivity contribution < 1.29 is 22.3 Å². The predicted molar refractivity (Wildman–Crippen MR) is 118 cm³/mol. The van der Waals surface area contributed by atoms with Crippen molar-refractivity contribution in [2.24, 2.45) is 5.92 Å². The Hall–Kier alpha value is -2.72. The monoisotopic (exact) mass is 465 g/mol. The van der Waals surface area contributed by atoms with Gasteiger partial charge in [-0.3, -0.25) is 0 Å². The summed E-state index contributed by atoms with van der Waals surface area (Å²) in [6, 6.07) is 6.72. The van der Waals surface area contributed by atoms with E-state index in [1.165, 1.54) is 17.4 Å². The van der Waals surface area contributed by atoms with Crippen LogP contribution in [0.3, 0.4) is 0 Å². The lowest BCUT2D eigenvalue weighted by Gasteiger charge is -2.11. The molecule has 1 aromatic carbocycles. The summed E-state index contributed by atoms with van der Waals surface area (Å²) < 4.78 is 44.7. The Balaban J connectivity index is 1.94. The fourth-order valence-electron chi connectivity index (χ4n) is 3.01. The maximum absolute atomic E-state index is 14.9. The van der Waals surface area contributed by atoms with Gasteiger partial charge in [-0.25, -0.2) is 26.9 Å². The number of amides is 1. The smallest absolute Gasteiger partial charge is 0.398 e. The average molecular weight is 466 g/mol. The van der Waals surface area contributed by atoms with Crippen LogP contribution in [0.15, 0.2) is 36.7 Å². The molecule has 0 radical (unpaired) electrons. The Morgan fingerprint density at radius 2 is 2.06 bits per heavy atom. The number of aromatic nitrogens is 2. The number of halogens is 1. The van der Waals surface area contributed by atoms with Gasteiger partial charge < -0.3 is 9.30 Å². The van der Waals surface area contributed by atoms with Crippen molar-refractivity contribution in [1.82, 2.24) is 13.9 Å². The van der Waals surface area contributed by atoms with Crippen molar-refractivity contribution in [3.05, 3.63) is 58.7 Å². The first kappa shape index (κ1) is 23.0. The molecule has 3 aromatic rings. The van der Waals surface area contributed by atoms with Gasteiger partial charge in [0.05, 0.1) is 6.54 Å². The van der Waals surface area contributed by atoms with Crippen LogP contribution in [0.4, 0.5) is 9.18 Å². The normalized spacial score (nSPS) is 11.3. The molecule has 1 amide bonds. The number of rotatable bonds is 7. The van der Waals surface area contributed by atoms with Crippen molar-refractivity contribution in [1.29, 1.82) is 0 Å². The SMILES string of the molecule is Cc1nccn1Cc1ccc(-c2cc(CC(C)C)sc2OC(=O)N(C)[SH](=O)=O)cc1F. The van der Waals surface area contributed by atoms with E-state index in [2.05, 4.69) is 18.8 Å². The van der Waals surface area contributed by atoms with Crippen molar-refractivity contribution in [2.75, 3.05) is 7.05 Å². The second-order valence-electron chi connectivity index (χ2n) is 7.55. The number of thiol groups is 1. The van der Waals surface area contributed by atoms with Crippen LogP contribution >= 0.6 is 11.3 Å². The van der Waals surface area contributed by atoms with E-state index >= 15 is 0 Å². The summed E-state index contributed by atoms with van der Waals surface area (Å²) in [5, 5.41) is 0.238. The zero-order valence-electron chi connectivity index (χ0n) is 17.7. The van der Waals surface area contributed by atoms with Gasteiger partial charge >= 0.3 is 6.09 Å². The summed E-state index contributed by atoms with van der Waals surface area (Å²) in [6.07, 6.45) is 3.19. The summed E-state index contributed by atoms with van der Waals surface area (Å²) in [4.78, 5) is 17.2. The zero-order chi connectivity index (χ0) is 22.7. The third-order valence-corrected chi connectivity index (χ3v) is 6.36. The van der Waals surface area contributed by atoms with Crippen molar-refractivity contribution >= 4 is 28.3 Å². The number of carbonyl (C=O) groups excluding carboxylic acids is 1. The minimum absolute atomic E-state index is 0.238. The van der Waals surface area contributed by atoms with Gasteiger partial charge in [-0.15, -0.1) is 11.3 Å². The summed E-state index contributed by atoms with van der Waals surface area (Å²) >= 11 is 1.25. The number of benzene rings is 1. The molecule has 0 N–H and O–H groups in total. The molecule has 0 spiro atoms. The first-order valence-corrected chi connectivity index (χ1v) is 11.6. The highest BCUT2D eigenvalue weighted by Crippen LogP contribution is 2.40. The van der Waals surface area contributed by atoms with E-state index in [4.69, 9.17) is 4.74 Å². The maximum Gasteiger partial charge on any atom is 0.429 e. The van der Waals surface area contributed by atoms with Gasteiger partial charge in [0.1, 0.15) is 11.6 Å². The average Bonchev–Trinajstić information content (AvgIpc) is 3.28. The molecular weight excluding hydrogens is 441 g/mol. The molecule has 0 aliphatic carbocycles. The van der Waals surface area contributed by atoms with Crippen LogP contribution in [0.1, 0.15) is 30.1 Å². The number of ether oxygens (including phenoxy) is 1. The van der Waals surface area contributed by atoms with E-state index in [1.807, 2.05) is 17.6 Å². The molecule has 2 aromatic heterocycles. The second kappa shape index (κ2) is 9.61. The standard InChI is InChI=1S/C21H24FN3O4S2/c1-13(2)9-17-11-18(20(30-17)29-21(26)24(4)31(27)28)15-5-6-16(19(22)10-15)12-25-8-7-23-14(25)3/h5-8,10-11,13,31H,9,12H2,1-4H3. The van der Waals surface area contributed by atoms with Crippen LogP contribution in [0.5, 0.6) is 5.06 Å². The van der Waals surface area contributed by atoms with Gasteiger partial charge in [-0.2, -0.15) is 0 Å². The number of nitrogens with zero attached hydrogens (tertiary/aromatic N) is 3. The molecule has 10 heteroatoms. The highest BCUT2D eigenvalue weighted by atomic mass is 32.2. The largest absolute Gasteiger partial charge is 0.429 e. The topological polar surface area (TPSA) is 81.5 Å². The van der Waals surface area contributed by atoms with Gasteiger partial charge in [-0.1, -0.05) is 26.0 Å². The molecule has 0 atom stereocenters.